The van der Waals surface area contributed by atoms with Crippen LogP contribution in [-0.4, -0.2) is 35.6 Å². The summed E-state index contributed by atoms with van der Waals surface area (Å²) >= 11 is 6.41. The van der Waals surface area contributed by atoms with Gasteiger partial charge >= 0.3 is 0 Å². The van der Waals surface area contributed by atoms with Crippen LogP contribution in [0.4, 0.5) is 10.2 Å². The fourth-order valence-corrected chi connectivity index (χ4v) is 3.88. The number of H-pyrrole nitrogens is 1. The Hall–Kier alpha value is -3.04. The van der Waals surface area contributed by atoms with Crippen LogP contribution in [0.25, 0.3) is 27.8 Å². The van der Waals surface area contributed by atoms with Crippen molar-refractivity contribution in [1.82, 2.24) is 24.6 Å². The molecule has 4 aromatic rings. The van der Waals surface area contributed by atoms with Crippen LogP contribution in [0.1, 0.15) is 31.4 Å². The third-order valence-corrected chi connectivity index (χ3v) is 5.45. The maximum atomic E-state index is 15.2. The van der Waals surface area contributed by atoms with Crippen LogP contribution in [0.15, 0.2) is 24.8 Å². The van der Waals surface area contributed by atoms with Crippen LogP contribution < -0.4 is 5.32 Å². The zero-order chi connectivity index (χ0) is 20.3. The van der Waals surface area contributed by atoms with Gasteiger partial charge in [-0.25, -0.2) is 9.37 Å². The van der Waals surface area contributed by atoms with Crippen molar-refractivity contribution in [3.05, 3.63) is 41.2 Å². The molecule has 8 nitrogen and oxygen atoms in total. The number of nitrogens with one attached hydrogen (secondary N) is 2. The highest BCUT2D eigenvalue weighted by molar-refractivity contribution is 6.35. The molecule has 0 aliphatic heterocycles. The molecule has 5 rings (SSSR count). The number of aromatic nitrogens is 5. The van der Waals surface area contributed by atoms with Crippen LogP contribution in [0.3, 0.4) is 0 Å². The number of aromatic amines is 1. The summed E-state index contributed by atoms with van der Waals surface area (Å²) in [7, 11) is 0. The minimum atomic E-state index is -0.936. The standard InChI is InChI=1S/C19H16ClFN6O2/c1-8(28)24-12-7-27-6-11(22-5-13(27)25-12)14-10-4-23-26-18(10)15(17(21)16(14)20)19(29)9-2-3-9/h4-7,9,19,29H,2-3H2,1H3,(H,23,26)(H,24,28). The molecule has 10 heteroatoms. The molecule has 1 fully saturated rings. The molecule has 148 valence electrons. The molecule has 1 saturated carbocycles. The van der Waals surface area contributed by atoms with E-state index in [1.165, 1.54) is 13.1 Å². The van der Waals surface area contributed by atoms with Crippen molar-refractivity contribution in [2.45, 2.75) is 25.9 Å². The number of hydrogen-bond acceptors (Lipinski definition) is 5. The van der Waals surface area contributed by atoms with E-state index in [4.69, 9.17) is 11.6 Å². The predicted molar refractivity (Wildman–Crippen MR) is 105 cm³/mol. The van der Waals surface area contributed by atoms with E-state index in [9.17, 15) is 9.90 Å². The number of hydrogen-bond donors (Lipinski definition) is 3. The average molecular weight is 415 g/mol. The molecule has 1 amide bonds. The summed E-state index contributed by atoms with van der Waals surface area (Å²) in [5, 5.41) is 20.4. The Kier molecular flexibility index (Phi) is 4.04. The molecule has 0 saturated heterocycles. The molecule has 29 heavy (non-hydrogen) atoms. The van der Waals surface area contributed by atoms with Crippen molar-refractivity contribution in [2.75, 3.05) is 5.32 Å². The van der Waals surface area contributed by atoms with Gasteiger partial charge in [0.2, 0.25) is 5.91 Å². The molecule has 3 N–H and O–H groups in total. The van der Waals surface area contributed by atoms with E-state index in [-0.39, 0.29) is 22.4 Å². The van der Waals surface area contributed by atoms with E-state index >= 15 is 4.39 Å². The number of carbonyl (C=O) groups excluding carboxylic acids is 1. The van der Waals surface area contributed by atoms with Gasteiger partial charge in [0.1, 0.15) is 5.82 Å². The summed E-state index contributed by atoms with van der Waals surface area (Å²) in [6.07, 6.45) is 7.10. The first-order valence-electron chi connectivity index (χ1n) is 9.08. The number of nitrogens with zero attached hydrogens (tertiary/aromatic N) is 4. The maximum Gasteiger partial charge on any atom is 0.222 e. The zero-order valence-electron chi connectivity index (χ0n) is 15.3. The largest absolute Gasteiger partial charge is 0.388 e. The lowest BCUT2D eigenvalue weighted by Gasteiger charge is -2.16. The maximum absolute atomic E-state index is 15.2. The van der Waals surface area contributed by atoms with Gasteiger partial charge in [0, 0.05) is 29.6 Å². The van der Waals surface area contributed by atoms with Gasteiger partial charge in [-0.05, 0) is 18.8 Å². The first kappa shape index (κ1) is 18.0. The van der Waals surface area contributed by atoms with E-state index in [1.807, 2.05) is 0 Å². The number of amides is 1. The summed E-state index contributed by atoms with van der Waals surface area (Å²) in [6.45, 7) is 1.39. The number of aliphatic hydroxyl groups excluding tert-OH is 1. The summed E-state index contributed by atoms with van der Waals surface area (Å²) in [5.74, 6) is -0.503. The van der Waals surface area contributed by atoms with Crippen molar-refractivity contribution >= 4 is 39.9 Å². The first-order valence-corrected chi connectivity index (χ1v) is 9.46. The lowest BCUT2D eigenvalue weighted by Crippen LogP contribution is -2.06. The summed E-state index contributed by atoms with van der Waals surface area (Å²) in [5.41, 5.74) is 1.85. The highest BCUT2D eigenvalue weighted by Gasteiger charge is 2.36. The summed E-state index contributed by atoms with van der Waals surface area (Å²) in [6, 6.07) is 0. The fraction of sp³-hybridized carbons (Fsp3) is 0.263. The monoisotopic (exact) mass is 414 g/mol. The normalized spacial score (nSPS) is 15.2. The molecule has 1 aliphatic rings. The van der Waals surface area contributed by atoms with E-state index in [0.717, 1.165) is 12.8 Å². The molecule has 1 atom stereocenters. The molecular formula is C19H16ClFN6O2. The first-order chi connectivity index (χ1) is 13.9. The van der Waals surface area contributed by atoms with E-state index in [2.05, 4.69) is 25.5 Å². The SMILES string of the molecule is CC(=O)Nc1cn2cc(-c3c(Cl)c(F)c(C(O)C4CC4)c4[nH]ncc34)ncc2n1. The van der Waals surface area contributed by atoms with Crippen molar-refractivity contribution < 1.29 is 14.3 Å². The quantitative estimate of drug-likeness (QED) is 0.474. The number of fused-ring (bicyclic) bond motifs is 2. The van der Waals surface area contributed by atoms with Crippen molar-refractivity contribution in [3.8, 4) is 11.3 Å². The van der Waals surface area contributed by atoms with Gasteiger partial charge in [-0.1, -0.05) is 11.6 Å². The molecule has 1 aromatic carbocycles. The van der Waals surface area contributed by atoms with Crippen molar-refractivity contribution in [1.29, 1.82) is 0 Å². The van der Waals surface area contributed by atoms with Gasteiger partial charge in [-0.3, -0.25) is 14.9 Å². The van der Waals surface area contributed by atoms with E-state index in [0.29, 0.717) is 33.6 Å². The molecular weight excluding hydrogens is 399 g/mol. The number of anilines is 1. The van der Waals surface area contributed by atoms with Gasteiger partial charge in [-0.2, -0.15) is 5.10 Å². The number of halogens is 2. The fourth-order valence-electron chi connectivity index (χ4n) is 3.58. The number of carbonyl (C=O) groups is 1. The Labute approximate surface area is 168 Å². The topological polar surface area (TPSA) is 108 Å². The highest BCUT2D eigenvalue weighted by atomic mass is 35.5. The summed E-state index contributed by atoms with van der Waals surface area (Å²) < 4.78 is 16.9. The molecule has 3 aromatic heterocycles. The average Bonchev–Trinajstić information content (AvgIpc) is 3.29. The molecule has 1 unspecified atom stereocenters. The Morgan fingerprint density at radius 1 is 1.41 bits per heavy atom. The minimum Gasteiger partial charge on any atom is -0.388 e. The van der Waals surface area contributed by atoms with Gasteiger partial charge < -0.3 is 14.8 Å². The Bertz CT molecular complexity index is 1280. The summed E-state index contributed by atoms with van der Waals surface area (Å²) in [4.78, 5) is 19.9. The van der Waals surface area contributed by atoms with E-state index < -0.39 is 11.9 Å². The van der Waals surface area contributed by atoms with Gasteiger partial charge in [-0.15, -0.1) is 0 Å². The van der Waals surface area contributed by atoms with Crippen LogP contribution in [0.5, 0.6) is 0 Å². The molecule has 0 bridgehead atoms. The molecule has 0 radical (unpaired) electrons. The third-order valence-electron chi connectivity index (χ3n) is 5.09. The second-order valence-corrected chi connectivity index (χ2v) is 7.58. The van der Waals surface area contributed by atoms with Crippen molar-refractivity contribution in [2.24, 2.45) is 5.92 Å². The minimum absolute atomic E-state index is 0.0329. The Balaban J connectivity index is 1.69. The Morgan fingerprint density at radius 2 is 2.21 bits per heavy atom. The number of rotatable bonds is 4. The zero-order valence-corrected chi connectivity index (χ0v) is 16.0. The lowest BCUT2D eigenvalue weighted by molar-refractivity contribution is -0.114. The van der Waals surface area contributed by atoms with Crippen molar-refractivity contribution in [3.63, 3.8) is 0 Å². The molecule has 3 heterocycles. The molecule has 1 aliphatic carbocycles. The van der Waals surface area contributed by atoms with Crippen LogP contribution in [-0.2, 0) is 4.79 Å². The highest BCUT2D eigenvalue weighted by Crippen LogP contribution is 2.47. The lowest BCUT2D eigenvalue weighted by atomic mass is 9.97. The predicted octanol–water partition coefficient (Wildman–Crippen LogP) is 3.47. The second-order valence-electron chi connectivity index (χ2n) is 7.20. The third kappa shape index (κ3) is 2.93. The number of aliphatic hydroxyl groups is 1. The smallest absolute Gasteiger partial charge is 0.222 e. The van der Waals surface area contributed by atoms with Gasteiger partial charge in [0.05, 0.1) is 40.9 Å². The number of benzene rings is 1. The number of imidazole rings is 1. The Morgan fingerprint density at radius 3 is 2.93 bits per heavy atom. The van der Waals surface area contributed by atoms with Crippen LogP contribution in [0.2, 0.25) is 5.02 Å². The van der Waals surface area contributed by atoms with Gasteiger partial charge in [0.15, 0.2) is 11.5 Å². The van der Waals surface area contributed by atoms with Gasteiger partial charge in [0.25, 0.3) is 0 Å². The molecule has 0 spiro atoms. The second kappa shape index (κ2) is 6.50. The van der Waals surface area contributed by atoms with E-state index in [1.54, 1.807) is 23.0 Å². The van der Waals surface area contributed by atoms with Crippen LogP contribution in [0, 0.1) is 11.7 Å². The van der Waals surface area contributed by atoms with Crippen LogP contribution >= 0.6 is 11.6 Å².